The fraction of sp³-hybridized carbons (Fsp3) is 0.733. The number of nitrogens with zero attached hydrogens (tertiary/aromatic N) is 1. The first-order chi connectivity index (χ1) is 9.88. The summed E-state index contributed by atoms with van der Waals surface area (Å²) in [6.07, 6.45) is 3.60. The van der Waals surface area contributed by atoms with Gasteiger partial charge in [-0.05, 0) is 30.6 Å². The van der Waals surface area contributed by atoms with E-state index in [0.717, 1.165) is 12.5 Å². The van der Waals surface area contributed by atoms with Gasteiger partial charge in [0, 0.05) is 13.1 Å². The van der Waals surface area contributed by atoms with Crippen LogP contribution < -0.4 is 22.3 Å². The van der Waals surface area contributed by atoms with Crippen LogP contribution >= 0.6 is 0 Å². The van der Waals surface area contributed by atoms with Gasteiger partial charge in [-0.1, -0.05) is 27.2 Å². The van der Waals surface area contributed by atoms with Gasteiger partial charge in [-0.3, -0.25) is 14.3 Å². The molecule has 1 fully saturated rings. The van der Waals surface area contributed by atoms with Crippen molar-refractivity contribution in [2.75, 3.05) is 17.6 Å². The highest BCUT2D eigenvalue weighted by Gasteiger charge is 2.22. The Morgan fingerprint density at radius 1 is 1.38 bits per heavy atom. The Labute approximate surface area is 124 Å². The normalized spacial score (nSPS) is 21.9. The number of aromatic nitrogens is 2. The van der Waals surface area contributed by atoms with Crippen molar-refractivity contribution in [1.29, 1.82) is 0 Å². The zero-order valence-corrected chi connectivity index (χ0v) is 13.1. The second kappa shape index (κ2) is 6.37. The molecule has 1 aromatic heterocycles. The first-order valence-corrected chi connectivity index (χ1v) is 7.75. The second-order valence-electron chi connectivity index (χ2n) is 6.69. The summed E-state index contributed by atoms with van der Waals surface area (Å²) in [6.45, 7) is 7.49. The lowest BCUT2D eigenvalue weighted by atomic mass is 10.1. The predicted molar refractivity (Wildman–Crippen MR) is 85.6 cm³/mol. The minimum atomic E-state index is -0.439. The topological polar surface area (TPSA) is 92.9 Å². The summed E-state index contributed by atoms with van der Waals surface area (Å²) in [6, 6.07) is 0. The van der Waals surface area contributed by atoms with Gasteiger partial charge in [0.25, 0.3) is 5.56 Å². The summed E-state index contributed by atoms with van der Waals surface area (Å²) in [5.74, 6) is 1.84. The summed E-state index contributed by atoms with van der Waals surface area (Å²) in [5, 5.41) is 3.16. The quantitative estimate of drug-likeness (QED) is 0.769. The lowest BCUT2D eigenvalue weighted by Gasteiger charge is -2.17. The molecule has 0 aliphatic heterocycles. The molecular formula is C15H26N4O2. The average Bonchev–Trinajstić information content (AvgIpc) is 2.80. The predicted octanol–water partition coefficient (Wildman–Crippen LogP) is 1.62. The van der Waals surface area contributed by atoms with Crippen molar-refractivity contribution in [1.82, 2.24) is 9.55 Å². The molecule has 118 valence electrons. The van der Waals surface area contributed by atoms with Gasteiger partial charge in [0.2, 0.25) is 0 Å². The van der Waals surface area contributed by atoms with Crippen molar-refractivity contribution in [3.63, 3.8) is 0 Å². The van der Waals surface area contributed by atoms with E-state index in [-0.39, 0.29) is 11.7 Å². The Morgan fingerprint density at radius 3 is 2.67 bits per heavy atom. The zero-order valence-electron chi connectivity index (χ0n) is 13.1. The van der Waals surface area contributed by atoms with Gasteiger partial charge in [-0.25, -0.2) is 4.79 Å². The van der Waals surface area contributed by atoms with Crippen LogP contribution in [-0.2, 0) is 6.54 Å². The van der Waals surface area contributed by atoms with E-state index in [1.54, 1.807) is 0 Å². The summed E-state index contributed by atoms with van der Waals surface area (Å²) in [7, 11) is 0. The molecule has 2 atom stereocenters. The number of hydrogen-bond donors (Lipinski definition) is 3. The van der Waals surface area contributed by atoms with Crippen molar-refractivity contribution in [3.05, 3.63) is 20.8 Å². The number of nitrogens with two attached hydrogens (primary N) is 1. The van der Waals surface area contributed by atoms with Gasteiger partial charge in [-0.2, -0.15) is 0 Å². The third-order valence-electron chi connectivity index (χ3n) is 4.16. The molecule has 1 heterocycles. The maximum Gasteiger partial charge on any atom is 0.330 e. The third-order valence-corrected chi connectivity index (χ3v) is 4.16. The first-order valence-electron chi connectivity index (χ1n) is 7.75. The molecule has 6 nitrogen and oxygen atoms in total. The summed E-state index contributed by atoms with van der Waals surface area (Å²) in [5.41, 5.74) is 5.49. The molecule has 0 bridgehead atoms. The van der Waals surface area contributed by atoms with E-state index < -0.39 is 11.2 Å². The SMILES string of the molecule is CC(C)Cn1c(N)c(NCC2CCC(C)C2)c(=O)[nH]c1=O. The maximum atomic E-state index is 12.0. The Kier molecular flexibility index (Phi) is 4.75. The molecule has 2 unspecified atom stereocenters. The highest BCUT2D eigenvalue weighted by Crippen LogP contribution is 2.30. The molecule has 1 aliphatic carbocycles. The number of nitrogen functional groups attached to an aromatic ring is 1. The number of anilines is 2. The van der Waals surface area contributed by atoms with E-state index in [4.69, 9.17) is 5.73 Å². The fourth-order valence-corrected chi connectivity index (χ4v) is 3.06. The number of aromatic amines is 1. The standard InChI is InChI=1S/C15H26N4O2/c1-9(2)8-19-13(16)12(14(20)18-15(19)21)17-7-11-5-4-10(3)6-11/h9-11,17H,4-8,16H2,1-3H3,(H,18,20,21). The molecule has 0 radical (unpaired) electrons. The molecule has 2 rings (SSSR count). The minimum Gasteiger partial charge on any atom is -0.383 e. The summed E-state index contributed by atoms with van der Waals surface area (Å²) in [4.78, 5) is 26.2. The van der Waals surface area contributed by atoms with Crippen molar-refractivity contribution >= 4 is 11.5 Å². The Bertz CT molecular complexity index is 603. The van der Waals surface area contributed by atoms with Crippen LogP contribution in [0.15, 0.2) is 9.59 Å². The number of hydrogen-bond acceptors (Lipinski definition) is 4. The fourth-order valence-electron chi connectivity index (χ4n) is 3.06. The monoisotopic (exact) mass is 294 g/mol. The van der Waals surface area contributed by atoms with Crippen molar-refractivity contribution in [2.45, 2.75) is 46.6 Å². The Hall–Kier alpha value is -1.72. The maximum absolute atomic E-state index is 12.0. The van der Waals surface area contributed by atoms with E-state index in [0.29, 0.717) is 18.2 Å². The smallest absolute Gasteiger partial charge is 0.330 e. The van der Waals surface area contributed by atoms with Crippen LogP contribution in [0.3, 0.4) is 0 Å². The lowest BCUT2D eigenvalue weighted by Crippen LogP contribution is -2.35. The molecule has 0 amide bonds. The first kappa shape index (κ1) is 15.7. The highest BCUT2D eigenvalue weighted by atomic mass is 16.2. The number of nitrogens with one attached hydrogen (secondary N) is 2. The molecule has 0 saturated heterocycles. The minimum absolute atomic E-state index is 0.239. The van der Waals surface area contributed by atoms with Gasteiger partial charge in [0.1, 0.15) is 11.5 Å². The van der Waals surface area contributed by atoms with E-state index in [1.807, 2.05) is 13.8 Å². The Balaban J connectivity index is 2.18. The molecule has 0 aromatic carbocycles. The molecule has 1 saturated carbocycles. The van der Waals surface area contributed by atoms with E-state index in [9.17, 15) is 9.59 Å². The third kappa shape index (κ3) is 3.68. The van der Waals surface area contributed by atoms with E-state index in [2.05, 4.69) is 17.2 Å². The van der Waals surface area contributed by atoms with Crippen LogP contribution in [0.5, 0.6) is 0 Å². The Morgan fingerprint density at radius 2 is 2.10 bits per heavy atom. The molecule has 4 N–H and O–H groups in total. The largest absolute Gasteiger partial charge is 0.383 e. The zero-order chi connectivity index (χ0) is 15.6. The van der Waals surface area contributed by atoms with Crippen LogP contribution in [0.4, 0.5) is 11.5 Å². The lowest BCUT2D eigenvalue weighted by molar-refractivity contribution is 0.507. The van der Waals surface area contributed by atoms with Crippen LogP contribution in [-0.4, -0.2) is 16.1 Å². The van der Waals surface area contributed by atoms with Gasteiger partial charge in [0.15, 0.2) is 0 Å². The average molecular weight is 294 g/mol. The molecule has 6 heteroatoms. The van der Waals surface area contributed by atoms with Crippen LogP contribution in [0, 0.1) is 17.8 Å². The van der Waals surface area contributed by atoms with Crippen molar-refractivity contribution in [2.24, 2.45) is 17.8 Å². The van der Waals surface area contributed by atoms with Crippen molar-refractivity contribution < 1.29 is 0 Å². The van der Waals surface area contributed by atoms with Crippen LogP contribution in [0.1, 0.15) is 40.0 Å². The summed E-state index contributed by atoms with van der Waals surface area (Å²) < 4.78 is 1.44. The highest BCUT2D eigenvalue weighted by molar-refractivity contribution is 5.60. The van der Waals surface area contributed by atoms with Crippen molar-refractivity contribution in [3.8, 4) is 0 Å². The molecule has 21 heavy (non-hydrogen) atoms. The van der Waals surface area contributed by atoms with Gasteiger partial charge < -0.3 is 11.1 Å². The van der Waals surface area contributed by atoms with Gasteiger partial charge in [-0.15, -0.1) is 0 Å². The molecule has 0 spiro atoms. The number of H-pyrrole nitrogens is 1. The van der Waals surface area contributed by atoms with Crippen LogP contribution in [0.2, 0.25) is 0 Å². The van der Waals surface area contributed by atoms with E-state index in [1.165, 1.54) is 23.8 Å². The van der Waals surface area contributed by atoms with Gasteiger partial charge >= 0.3 is 5.69 Å². The summed E-state index contributed by atoms with van der Waals surface area (Å²) >= 11 is 0. The van der Waals surface area contributed by atoms with Gasteiger partial charge in [0.05, 0.1) is 0 Å². The second-order valence-corrected chi connectivity index (χ2v) is 6.69. The van der Waals surface area contributed by atoms with Crippen LogP contribution in [0.25, 0.3) is 0 Å². The van der Waals surface area contributed by atoms with E-state index >= 15 is 0 Å². The number of rotatable bonds is 5. The molecular weight excluding hydrogens is 268 g/mol. The molecule has 1 aromatic rings. The molecule has 1 aliphatic rings.